The highest BCUT2D eigenvalue weighted by Gasteiger charge is 2.12. The van der Waals surface area contributed by atoms with E-state index < -0.39 is 0 Å². The van der Waals surface area contributed by atoms with Crippen LogP contribution in [0.2, 0.25) is 0 Å². The summed E-state index contributed by atoms with van der Waals surface area (Å²) in [5.41, 5.74) is 5.59. The molecule has 0 amide bonds. The van der Waals surface area contributed by atoms with Crippen molar-refractivity contribution in [1.82, 2.24) is 10.3 Å². The quantitative estimate of drug-likeness (QED) is 0.910. The lowest BCUT2D eigenvalue weighted by atomic mass is 9.89. The van der Waals surface area contributed by atoms with E-state index in [2.05, 4.69) is 41.5 Å². The Bertz CT molecular complexity index is 563. The van der Waals surface area contributed by atoms with Gasteiger partial charge in [-0.2, -0.15) is 0 Å². The number of benzene rings is 1. The molecule has 0 saturated carbocycles. The van der Waals surface area contributed by atoms with Crippen molar-refractivity contribution in [2.75, 3.05) is 0 Å². The van der Waals surface area contributed by atoms with Crippen LogP contribution in [-0.2, 0) is 19.4 Å². The van der Waals surface area contributed by atoms with Gasteiger partial charge in [-0.05, 0) is 61.4 Å². The van der Waals surface area contributed by atoms with Gasteiger partial charge in [0.05, 0.1) is 5.69 Å². The second kappa shape index (κ2) is 6.19. The highest BCUT2D eigenvalue weighted by Crippen LogP contribution is 2.24. The molecular formula is C18H22N2. The van der Waals surface area contributed by atoms with Gasteiger partial charge in [0.1, 0.15) is 0 Å². The first-order chi connectivity index (χ1) is 9.83. The van der Waals surface area contributed by atoms with E-state index in [1.807, 2.05) is 18.3 Å². The normalized spacial score (nSPS) is 15.7. The van der Waals surface area contributed by atoms with E-state index in [1.54, 1.807) is 11.1 Å². The molecule has 2 heteroatoms. The molecule has 20 heavy (non-hydrogen) atoms. The minimum Gasteiger partial charge on any atom is -0.305 e. The van der Waals surface area contributed by atoms with Gasteiger partial charge in [0.25, 0.3) is 0 Å². The van der Waals surface area contributed by atoms with E-state index >= 15 is 0 Å². The fourth-order valence-electron chi connectivity index (χ4n) is 2.90. The smallest absolute Gasteiger partial charge is 0.0541 e. The highest BCUT2D eigenvalue weighted by molar-refractivity contribution is 5.35. The third-order valence-corrected chi connectivity index (χ3v) is 4.19. The summed E-state index contributed by atoms with van der Waals surface area (Å²) >= 11 is 0. The Morgan fingerprint density at radius 2 is 1.95 bits per heavy atom. The first-order valence-electron chi connectivity index (χ1n) is 7.58. The zero-order valence-electron chi connectivity index (χ0n) is 12.1. The predicted octanol–water partition coefficient (Wildman–Crippen LogP) is 3.81. The molecule has 1 aromatic heterocycles. The lowest BCUT2D eigenvalue weighted by Crippen LogP contribution is -2.19. The van der Waals surface area contributed by atoms with Gasteiger partial charge in [0.15, 0.2) is 0 Å². The van der Waals surface area contributed by atoms with Crippen LogP contribution in [0.15, 0.2) is 42.6 Å². The predicted molar refractivity (Wildman–Crippen MR) is 82.6 cm³/mol. The second-order valence-electron chi connectivity index (χ2n) is 5.66. The zero-order chi connectivity index (χ0) is 13.8. The summed E-state index contributed by atoms with van der Waals surface area (Å²) in [7, 11) is 0. The van der Waals surface area contributed by atoms with Crippen molar-refractivity contribution < 1.29 is 0 Å². The number of rotatable bonds is 4. The van der Waals surface area contributed by atoms with Gasteiger partial charge >= 0.3 is 0 Å². The number of fused-ring (bicyclic) bond motifs is 1. The lowest BCUT2D eigenvalue weighted by Gasteiger charge is -2.20. The molecular weight excluding hydrogens is 244 g/mol. The Labute approximate surface area is 121 Å². The first kappa shape index (κ1) is 13.3. The van der Waals surface area contributed by atoms with Gasteiger partial charge in [-0.3, -0.25) is 4.98 Å². The van der Waals surface area contributed by atoms with E-state index in [9.17, 15) is 0 Å². The molecule has 1 aliphatic carbocycles. The van der Waals surface area contributed by atoms with Gasteiger partial charge in [-0.15, -0.1) is 0 Å². The maximum atomic E-state index is 4.35. The SMILES string of the molecule is CC(NCc1ccccn1)c1ccc2c(c1)CCCC2. The molecule has 3 rings (SSSR count). The standard InChI is InChI=1S/C18H22N2/c1-14(20-13-18-8-4-5-11-19-18)16-10-9-15-6-2-3-7-17(15)12-16/h4-5,8-12,14,20H,2-3,6-7,13H2,1H3. The number of nitrogens with one attached hydrogen (secondary N) is 1. The van der Waals surface area contributed by atoms with Crippen LogP contribution in [0.25, 0.3) is 0 Å². The van der Waals surface area contributed by atoms with E-state index in [0.29, 0.717) is 6.04 Å². The van der Waals surface area contributed by atoms with Crippen LogP contribution in [0.3, 0.4) is 0 Å². The molecule has 2 nitrogen and oxygen atoms in total. The van der Waals surface area contributed by atoms with Crippen LogP contribution in [0.1, 0.15) is 48.2 Å². The van der Waals surface area contributed by atoms with Crippen LogP contribution >= 0.6 is 0 Å². The molecule has 0 saturated heterocycles. The molecule has 0 fully saturated rings. The Kier molecular flexibility index (Phi) is 4.12. The van der Waals surface area contributed by atoms with E-state index in [0.717, 1.165) is 12.2 Å². The summed E-state index contributed by atoms with van der Waals surface area (Å²) < 4.78 is 0. The average molecular weight is 266 g/mol. The summed E-state index contributed by atoms with van der Waals surface area (Å²) in [5.74, 6) is 0. The molecule has 2 aromatic rings. The molecule has 1 N–H and O–H groups in total. The molecule has 1 unspecified atom stereocenters. The van der Waals surface area contributed by atoms with E-state index in [1.165, 1.54) is 31.2 Å². The maximum Gasteiger partial charge on any atom is 0.0541 e. The highest BCUT2D eigenvalue weighted by atomic mass is 14.9. The Balaban J connectivity index is 1.66. The van der Waals surface area contributed by atoms with Gasteiger partial charge in [0.2, 0.25) is 0 Å². The van der Waals surface area contributed by atoms with Crippen molar-refractivity contribution in [3.63, 3.8) is 0 Å². The van der Waals surface area contributed by atoms with E-state index in [-0.39, 0.29) is 0 Å². The molecule has 1 atom stereocenters. The largest absolute Gasteiger partial charge is 0.305 e. The average Bonchev–Trinajstić information content (AvgIpc) is 2.53. The number of hydrogen-bond donors (Lipinski definition) is 1. The van der Waals surface area contributed by atoms with Crippen LogP contribution in [0.4, 0.5) is 0 Å². The van der Waals surface area contributed by atoms with E-state index in [4.69, 9.17) is 0 Å². The van der Waals surface area contributed by atoms with Crippen LogP contribution < -0.4 is 5.32 Å². The second-order valence-corrected chi connectivity index (χ2v) is 5.66. The summed E-state index contributed by atoms with van der Waals surface area (Å²) in [4.78, 5) is 4.35. The Morgan fingerprint density at radius 1 is 1.10 bits per heavy atom. The van der Waals surface area contributed by atoms with Crippen molar-refractivity contribution in [3.05, 3.63) is 65.0 Å². The summed E-state index contributed by atoms with van der Waals surface area (Å²) in [5, 5.41) is 3.56. The molecule has 0 bridgehead atoms. The number of nitrogens with zero attached hydrogens (tertiary/aromatic N) is 1. The molecule has 0 radical (unpaired) electrons. The van der Waals surface area contributed by atoms with Crippen molar-refractivity contribution in [3.8, 4) is 0 Å². The number of hydrogen-bond acceptors (Lipinski definition) is 2. The molecule has 1 heterocycles. The van der Waals surface area contributed by atoms with Crippen LogP contribution in [0.5, 0.6) is 0 Å². The van der Waals surface area contributed by atoms with Crippen LogP contribution in [0, 0.1) is 0 Å². The number of aromatic nitrogens is 1. The fourth-order valence-corrected chi connectivity index (χ4v) is 2.90. The number of pyridine rings is 1. The maximum absolute atomic E-state index is 4.35. The van der Waals surface area contributed by atoms with Crippen molar-refractivity contribution in [2.24, 2.45) is 0 Å². The minimum absolute atomic E-state index is 0.365. The van der Waals surface area contributed by atoms with Crippen molar-refractivity contribution >= 4 is 0 Å². The Morgan fingerprint density at radius 3 is 2.75 bits per heavy atom. The minimum atomic E-state index is 0.365. The summed E-state index contributed by atoms with van der Waals surface area (Å²) in [6.07, 6.45) is 7.04. The summed E-state index contributed by atoms with van der Waals surface area (Å²) in [6.45, 7) is 3.05. The monoisotopic (exact) mass is 266 g/mol. The van der Waals surface area contributed by atoms with Gasteiger partial charge in [-0.1, -0.05) is 24.3 Å². The van der Waals surface area contributed by atoms with Gasteiger partial charge in [0, 0.05) is 18.8 Å². The zero-order valence-corrected chi connectivity index (χ0v) is 12.1. The molecule has 0 aliphatic heterocycles. The molecule has 1 aromatic carbocycles. The molecule has 104 valence electrons. The fraction of sp³-hybridized carbons (Fsp3) is 0.389. The Hall–Kier alpha value is -1.67. The van der Waals surface area contributed by atoms with Gasteiger partial charge < -0.3 is 5.32 Å². The number of aryl methyl sites for hydroxylation is 2. The molecule has 1 aliphatic rings. The first-order valence-corrected chi connectivity index (χ1v) is 7.58. The topological polar surface area (TPSA) is 24.9 Å². The van der Waals surface area contributed by atoms with Crippen LogP contribution in [-0.4, -0.2) is 4.98 Å². The van der Waals surface area contributed by atoms with Gasteiger partial charge in [-0.25, -0.2) is 0 Å². The summed E-state index contributed by atoms with van der Waals surface area (Å²) in [6, 6.07) is 13.4. The third kappa shape index (κ3) is 3.07. The van der Waals surface area contributed by atoms with Crippen molar-refractivity contribution in [1.29, 1.82) is 0 Å². The lowest BCUT2D eigenvalue weighted by molar-refractivity contribution is 0.565. The third-order valence-electron chi connectivity index (χ3n) is 4.19. The van der Waals surface area contributed by atoms with Crippen molar-refractivity contribution in [2.45, 2.75) is 45.2 Å². The molecule has 0 spiro atoms.